The van der Waals surface area contributed by atoms with Crippen LogP contribution in [0.5, 0.6) is 5.75 Å². The zero-order valence-corrected chi connectivity index (χ0v) is 33.8. The molecule has 0 bridgehead atoms. The largest absolute Gasteiger partial charge is 0.494 e. The van der Waals surface area contributed by atoms with Crippen molar-refractivity contribution in [2.24, 2.45) is 17.3 Å². The minimum absolute atomic E-state index is 0.00255. The van der Waals surface area contributed by atoms with E-state index < -0.39 is 12.1 Å². The Morgan fingerprint density at radius 3 is 2.11 bits per heavy atom. The van der Waals surface area contributed by atoms with Crippen LogP contribution in [0.25, 0.3) is 0 Å². The Balaban J connectivity index is 1.18. The summed E-state index contributed by atoms with van der Waals surface area (Å²) < 4.78 is 16.4. The summed E-state index contributed by atoms with van der Waals surface area (Å²) in [6.45, 7) is 5.12. The van der Waals surface area contributed by atoms with Gasteiger partial charge in [-0.25, -0.2) is 4.79 Å². The van der Waals surface area contributed by atoms with Crippen LogP contribution in [-0.4, -0.2) is 59.6 Å². The lowest BCUT2D eigenvalue weighted by atomic mass is 9.63. The molecule has 2 aliphatic rings. The summed E-state index contributed by atoms with van der Waals surface area (Å²) in [6, 6.07) is 6.97. The van der Waals surface area contributed by atoms with Gasteiger partial charge in [-0.15, -0.1) is 11.6 Å². The normalized spacial score (nSPS) is 21.5. The summed E-state index contributed by atoms with van der Waals surface area (Å²) in [5.74, 6) is 0.0774. The molecule has 8 heteroatoms. The van der Waals surface area contributed by atoms with Gasteiger partial charge in [0.05, 0.1) is 24.4 Å². The van der Waals surface area contributed by atoms with Crippen LogP contribution in [0.2, 0.25) is 0 Å². The first-order valence-electron chi connectivity index (χ1n) is 21.2. The summed E-state index contributed by atoms with van der Waals surface area (Å²) in [5, 5.41) is 21.3. The van der Waals surface area contributed by atoms with Gasteiger partial charge in [0.15, 0.2) is 0 Å². The van der Waals surface area contributed by atoms with Crippen molar-refractivity contribution < 1.29 is 34.0 Å². The molecular weight excluding hydrogens is 688 g/mol. The number of hydrogen-bond acceptors (Lipinski definition) is 7. The molecule has 0 aliphatic heterocycles. The second kappa shape index (κ2) is 26.5. The van der Waals surface area contributed by atoms with Gasteiger partial charge in [-0.3, -0.25) is 4.79 Å². The van der Waals surface area contributed by atoms with Crippen molar-refractivity contribution in [1.82, 2.24) is 0 Å². The maximum Gasteiger partial charge on any atom is 0.338 e. The van der Waals surface area contributed by atoms with E-state index in [1.807, 2.05) is 6.08 Å². The number of aliphatic hydroxyl groups excluding tert-OH is 2. The highest BCUT2D eigenvalue weighted by Crippen LogP contribution is 2.48. The standard InChI is InChI=1S/C45H71ClO7/c1-3-5-6-7-8-9-10-11-12-13-16-19-32-51-37-28-26-36(27-29-37)44(50)53-34-33-52-43(49)25-18-15-14-17-22-38-39(41(47)35-40(38)46)23-20-24-42(48)45(4-2)30-21-31-45/h14,17,20,23,26-29,38-42,47-48H,3-13,15-16,18-19,21-22,24-25,30-35H2,1-2H3/b17-14-,23-20+/t38-,39-,40-,41-,42+/m1/s1. The minimum atomic E-state index is -0.471. The molecule has 7 nitrogen and oxygen atoms in total. The fourth-order valence-corrected chi connectivity index (χ4v) is 8.29. The van der Waals surface area contributed by atoms with E-state index in [2.05, 4.69) is 32.1 Å². The zero-order valence-electron chi connectivity index (χ0n) is 33.0. The molecule has 1 aromatic carbocycles. The molecule has 0 spiro atoms. The topological polar surface area (TPSA) is 102 Å². The molecule has 5 atom stereocenters. The number of carbonyl (C=O) groups is 2. The van der Waals surface area contributed by atoms with Crippen molar-refractivity contribution in [2.75, 3.05) is 19.8 Å². The highest BCUT2D eigenvalue weighted by atomic mass is 35.5. The lowest BCUT2D eigenvalue weighted by Crippen LogP contribution is -2.40. The fourth-order valence-electron chi connectivity index (χ4n) is 7.83. The van der Waals surface area contributed by atoms with Crippen LogP contribution < -0.4 is 4.74 Å². The first-order chi connectivity index (χ1) is 25.8. The van der Waals surface area contributed by atoms with E-state index in [0.29, 0.717) is 31.4 Å². The van der Waals surface area contributed by atoms with Crippen LogP contribution in [0.15, 0.2) is 48.6 Å². The first-order valence-corrected chi connectivity index (χ1v) is 21.6. The Bertz CT molecular complexity index is 1190. The second-order valence-corrected chi connectivity index (χ2v) is 16.1. The quantitative estimate of drug-likeness (QED) is 0.0363. The molecule has 0 aromatic heterocycles. The predicted molar refractivity (Wildman–Crippen MR) is 215 cm³/mol. The molecule has 0 amide bonds. The average molecular weight is 760 g/mol. The van der Waals surface area contributed by atoms with Crippen molar-refractivity contribution >= 4 is 23.5 Å². The van der Waals surface area contributed by atoms with E-state index in [1.54, 1.807) is 24.3 Å². The third-order valence-electron chi connectivity index (χ3n) is 11.6. The third kappa shape index (κ3) is 16.9. The van der Waals surface area contributed by atoms with Crippen LogP contribution >= 0.6 is 11.6 Å². The Morgan fingerprint density at radius 1 is 0.849 bits per heavy atom. The molecule has 0 radical (unpaired) electrons. The number of hydrogen-bond donors (Lipinski definition) is 2. The van der Waals surface area contributed by atoms with E-state index in [0.717, 1.165) is 44.3 Å². The van der Waals surface area contributed by atoms with Crippen LogP contribution in [0.1, 0.15) is 165 Å². The van der Waals surface area contributed by atoms with Crippen LogP contribution in [0, 0.1) is 17.3 Å². The lowest BCUT2D eigenvalue weighted by molar-refractivity contribution is -0.144. The number of allylic oxidation sites excluding steroid dienone is 2. The summed E-state index contributed by atoms with van der Waals surface area (Å²) in [6.07, 6.45) is 31.2. The SMILES string of the molecule is CCCCCCCCCCCCCCOc1ccc(C(=O)OCCOC(=O)CCC/C=C\C[C@@H]2[C@@H](/C=C/C[C@H](O)C3(CC)CCC3)[C@H](O)C[C@H]2Cl)cc1. The zero-order chi connectivity index (χ0) is 38.2. The number of rotatable bonds is 29. The van der Waals surface area contributed by atoms with Gasteiger partial charge in [0, 0.05) is 17.7 Å². The third-order valence-corrected chi connectivity index (χ3v) is 12.1. The highest BCUT2D eigenvalue weighted by molar-refractivity contribution is 6.21. The van der Waals surface area contributed by atoms with Crippen molar-refractivity contribution in [2.45, 2.75) is 173 Å². The average Bonchev–Trinajstić information content (AvgIpc) is 3.40. The molecular formula is C45H71ClO7. The van der Waals surface area contributed by atoms with Crippen LogP contribution in [-0.2, 0) is 14.3 Å². The number of halogens is 1. The molecule has 2 N–H and O–H groups in total. The Morgan fingerprint density at radius 2 is 1.49 bits per heavy atom. The van der Waals surface area contributed by atoms with Gasteiger partial charge in [0.1, 0.15) is 19.0 Å². The highest BCUT2D eigenvalue weighted by Gasteiger charge is 2.42. The van der Waals surface area contributed by atoms with Crippen molar-refractivity contribution in [3.63, 3.8) is 0 Å². The smallest absolute Gasteiger partial charge is 0.338 e. The molecule has 53 heavy (non-hydrogen) atoms. The molecule has 3 rings (SSSR count). The predicted octanol–water partition coefficient (Wildman–Crippen LogP) is 11.1. The summed E-state index contributed by atoms with van der Waals surface area (Å²) in [4.78, 5) is 24.6. The van der Waals surface area contributed by atoms with E-state index in [9.17, 15) is 19.8 Å². The number of carbonyl (C=O) groups excluding carboxylic acids is 2. The van der Waals surface area contributed by atoms with E-state index in [-0.39, 0.29) is 54.3 Å². The van der Waals surface area contributed by atoms with E-state index >= 15 is 0 Å². The van der Waals surface area contributed by atoms with Gasteiger partial charge < -0.3 is 24.4 Å². The van der Waals surface area contributed by atoms with Gasteiger partial charge >= 0.3 is 11.9 Å². The second-order valence-electron chi connectivity index (χ2n) is 15.5. The van der Waals surface area contributed by atoms with Gasteiger partial charge in [-0.2, -0.15) is 0 Å². The lowest BCUT2D eigenvalue weighted by Gasteiger charge is -2.45. The maximum absolute atomic E-state index is 12.4. The maximum atomic E-state index is 12.4. The Hall–Kier alpha value is -2.35. The molecule has 300 valence electrons. The van der Waals surface area contributed by atoms with Crippen molar-refractivity contribution in [3.05, 3.63) is 54.1 Å². The molecule has 0 heterocycles. The summed E-state index contributed by atoms with van der Waals surface area (Å²) in [7, 11) is 0. The monoisotopic (exact) mass is 758 g/mol. The minimum Gasteiger partial charge on any atom is -0.494 e. The van der Waals surface area contributed by atoms with Crippen LogP contribution in [0.3, 0.4) is 0 Å². The number of esters is 2. The van der Waals surface area contributed by atoms with Crippen molar-refractivity contribution in [3.8, 4) is 5.75 Å². The Labute approximate surface area is 326 Å². The molecule has 2 fully saturated rings. The summed E-state index contributed by atoms with van der Waals surface area (Å²) in [5.41, 5.74) is 0.507. The molecule has 2 aliphatic carbocycles. The van der Waals surface area contributed by atoms with Crippen LogP contribution in [0.4, 0.5) is 0 Å². The molecule has 0 unspecified atom stereocenters. The van der Waals surface area contributed by atoms with Gasteiger partial charge in [0.25, 0.3) is 0 Å². The fraction of sp³-hybridized carbons (Fsp3) is 0.733. The number of alkyl halides is 1. The van der Waals surface area contributed by atoms with Gasteiger partial charge in [-0.05, 0) is 93.4 Å². The van der Waals surface area contributed by atoms with E-state index in [1.165, 1.54) is 77.0 Å². The van der Waals surface area contributed by atoms with Crippen molar-refractivity contribution in [1.29, 1.82) is 0 Å². The number of ether oxygens (including phenoxy) is 3. The van der Waals surface area contributed by atoms with Gasteiger partial charge in [0.2, 0.25) is 0 Å². The molecule has 0 saturated heterocycles. The Kier molecular flexibility index (Phi) is 22.5. The molecule has 2 saturated carbocycles. The number of benzene rings is 1. The van der Waals surface area contributed by atoms with Gasteiger partial charge in [-0.1, -0.05) is 115 Å². The van der Waals surface area contributed by atoms with E-state index in [4.69, 9.17) is 25.8 Å². The summed E-state index contributed by atoms with van der Waals surface area (Å²) >= 11 is 6.62. The first kappa shape index (κ1) is 45.0. The molecule has 1 aromatic rings. The number of aliphatic hydroxyl groups is 2. The number of unbranched alkanes of at least 4 members (excludes halogenated alkanes) is 12.